The van der Waals surface area contributed by atoms with Crippen molar-refractivity contribution in [1.82, 2.24) is 25.9 Å². The fraction of sp³-hybridized carbons (Fsp3) is 0.200. The third-order valence-corrected chi connectivity index (χ3v) is 2.90. The number of aromatic nitrogens is 4. The standard InChI is InChI=1S/C10H9Cl2N5O2/c1-19-9-6(12)3-2-5(11)8(9)10(18)13-4-7-14-16-17-15-7/h2-3H,4H2,1H3,(H,13,18)(H,14,15,16,17). The molecule has 0 unspecified atom stereocenters. The summed E-state index contributed by atoms with van der Waals surface area (Å²) in [6, 6.07) is 3.08. The molecule has 9 heteroatoms. The number of benzene rings is 1. The average molecular weight is 302 g/mol. The summed E-state index contributed by atoms with van der Waals surface area (Å²) in [5, 5.41) is 16.2. The number of H-pyrrole nitrogens is 1. The van der Waals surface area contributed by atoms with Crippen molar-refractivity contribution < 1.29 is 9.53 Å². The number of hydrogen-bond donors (Lipinski definition) is 2. The molecule has 0 fully saturated rings. The molecular formula is C10H9Cl2N5O2. The van der Waals surface area contributed by atoms with E-state index in [-0.39, 0.29) is 22.9 Å². The Morgan fingerprint density at radius 3 is 2.79 bits per heavy atom. The predicted octanol–water partition coefficient (Wildman–Crippen LogP) is 1.45. The van der Waals surface area contributed by atoms with Crippen molar-refractivity contribution in [2.45, 2.75) is 6.54 Å². The van der Waals surface area contributed by atoms with Crippen molar-refractivity contribution in [1.29, 1.82) is 0 Å². The zero-order chi connectivity index (χ0) is 13.8. The number of nitrogens with one attached hydrogen (secondary N) is 2. The third-order valence-electron chi connectivity index (χ3n) is 2.29. The zero-order valence-electron chi connectivity index (χ0n) is 9.78. The van der Waals surface area contributed by atoms with Gasteiger partial charge in [0, 0.05) is 0 Å². The van der Waals surface area contributed by atoms with Crippen LogP contribution in [0.1, 0.15) is 16.2 Å². The van der Waals surface area contributed by atoms with Crippen molar-refractivity contribution >= 4 is 29.1 Å². The largest absolute Gasteiger partial charge is 0.494 e. The van der Waals surface area contributed by atoms with Crippen LogP contribution in [0.4, 0.5) is 0 Å². The van der Waals surface area contributed by atoms with Gasteiger partial charge in [-0.3, -0.25) is 4.79 Å². The van der Waals surface area contributed by atoms with E-state index in [1.807, 2.05) is 0 Å². The van der Waals surface area contributed by atoms with Gasteiger partial charge in [0.25, 0.3) is 5.91 Å². The topological polar surface area (TPSA) is 92.8 Å². The third kappa shape index (κ3) is 2.94. The molecule has 7 nitrogen and oxygen atoms in total. The molecule has 0 atom stereocenters. The van der Waals surface area contributed by atoms with Gasteiger partial charge in [0.2, 0.25) is 0 Å². The van der Waals surface area contributed by atoms with Crippen molar-refractivity contribution in [3.05, 3.63) is 33.6 Å². The highest BCUT2D eigenvalue weighted by Gasteiger charge is 2.19. The molecule has 1 aromatic heterocycles. The Hall–Kier alpha value is -1.86. The second kappa shape index (κ2) is 5.85. The molecule has 1 aromatic carbocycles. The first kappa shape index (κ1) is 13.6. The van der Waals surface area contributed by atoms with E-state index in [2.05, 4.69) is 25.9 Å². The molecule has 0 radical (unpaired) electrons. The van der Waals surface area contributed by atoms with Gasteiger partial charge in [-0.25, -0.2) is 0 Å². The first-order valence-electron chi connectivity index (χ1n) is 5.16. The summed E-state index contributed by atoms with van der Waals surface area (Å²) in [7, 11) is 1.41. The number of carbonyl (C=O) groups excluding carboxylic acids is 1. The van der Waals surface area contributed by atoms with Crippen LogP contribution in [0.3, 0.4) is 0 Å². The SMILES string of the molecule is COc1c(Cl)ccc(Cl)c1C(=O)NCc1nn[nH]n1. The van der Waals surface area contributed by atoms with Gasteiger partial charge in [0.15, 0.2) is 11.6 Å². The lowest BCUT2D eigenvalue weighted by atomic mass is 10.2. The number of amides is 1. The quantitative estimate of drug-likeness (QED) is 0.891. The van der Waals surface area contributed by atoms with Gasteiger partial charge in [-0.05, 0) is 12.1 Å². The summed E-state index contributed by atoms with van der Waals surface area (Å²) in [5.41, 5.74) is 0.167. The van der Waals surface area contributed by atoms with Crippen LogP contribution in [-0.2, 0) is 6.54 Å². The van der Waals surface area contributed by atoms with Gasteiger partial charge in [-0.15, -0.1) is 10.2 Å². The molecule has 0 saturated carbocycles. The van der Waals surface area contributed by atoms with Crippen molar-refractivity contribution in [3.8, 4) is 5.75 Å². The fourth-order valence-corrected chi connectivity index (χ4v) is 1.92. The first-order valence-corrected chi connectivity index (χ1v) is 5.91. The fourth-order valence-electron chi connectivity index (χ4n) is 1.45. The number of ether oxygens (including phenoxy) is 1. The van der Waals surface area contributed by atoms with Gasteiger partial charge in [0.05, 0.1) is 23.7 Å². The number of tetrazole rings is 1. The molecule has 0 bridgehead atoms. The van der Waals surface area contributed by atoms with Crippen molar-refractivity contribution in [2.75, 3.05) is 7.11 Å². The minimum atomic E-state index is -0.436. The minimum absolute atomic E-state index is 0.112. The monoisotopic (exact) mass is 301 g/mol. The number of aromatic amines is 1. The number of halogens is 2. The number of rotatable bonds is 4. The highest BCUT2D eigenvalue weighted by atomic mass is 35.5. The maximum absolute atomic E-state index is 12.1. The first-order chi connectivity index (χ1) is 9.13. The highest BCUT2D eigenvalue weighted by Crippen LogP contribution is 2.33. The van der Waals surface area contributed by atoms with Crippen molar-refractivity contribution in [2.24, 2.45) is 0 Å². The smallest absolute Gasteiger partial charge is 0.257 e. The second-order valence-electron chi connectivity index (χ2n) is 3.45. The number of carbonyl (C=O) groups is 1. The van der Waals surface area contributed by atoms with Crippen LogP contribution >= 0.6 is 23.2 Å². The van der Waals surface area contributed by atoms with E-state index < -0.39 is 5.91 Å². The Morgan fingerprint density at radius 2 is 2.16 bits per heavy atom. The molecule has 100 valence electrons. The Balaban J connectivity index is 2.21. The van der Waals surface area contributed by atoms with Crippen LogP contribution in [0.15, 0.2) is 12.1 Å². The molecule has 2 N–H and O–H groups in total. The summed E-state index contributed by atoms with van der Waals surface area (Å²) in [4.78, 5) is 12.1. The zero-order valence-corrected chi connectivity index (χ0v) is 11.3. The summed E-state index contributed by atoms with van der Waals surface area (Å²) >= 11 is 11.9. The average Bonchev–Trinajstić information content (AvgIpc) is 2.91. The summed E-state index contributed by atoms with van der Waals surface area (Å²) in [5.74, 6) is 0.138. The van der Waals surface area contributed by atoms with Gasteiger partial charge in [0.1, 0.15) is 5.56 Å². The van der Waals surface area contributed by atoms with E-state index in [9.17, 15) is 4.79 Å². The molecule has 0 aliphatic heterocycles. The van der Waals surface area contributed by atoms with Crippen LogP contribution < -0.4 is 10.1 Å². The molecule has 1 heterocycles. The second-order valence-corrected chi connectivity index (χ2v) is 4.26. The number of hydrogen-bond acceptors (Lipinski definition) is 5. The van der Waals surface area contributed by atoms with E-state index in [1.54, 1.807) is 6.07 Å². The van der Waals surface area contributed by atoms with Gasteiger partial charge in [-0.1, -0.05) is 28.4 Å². The maximum Gasteiger partial charge on any atom is 0.257 e. The van der Waals surface area contributed by atoms with E-state index in [0.717, 1.165) is 0 Å². The van der Waals surface area contributed by atoms with Crippen molar-refractivity contribution in [3.63, 3.8) is 0 Å². The summed E-state index contributed by atoms with van der Waals surface area (Å²) in [6.07, 6.45) is 0. The van der Waals surface area contributed by atoms with E-state index >= 15 is 0 Å². The van der Waals surface area contributed by atoms with E-state index in [0.29, 0.717) is 10.8 Å². The Labute approximate surface area is 118 Å². The molecule has 2 aromatic rings. The molecule has 0 aliphatic carbocycles. The van der Waals surface area contributed by atoms with E-state index in [4.69, 9.17) is 27.9 Å². The van der Waals surface area contributed by atoms with Crippen LogP contribution in [0.2, 0.25) is 10.0 Å². The predicted molar refractivity (Wildman–Crippen MR) is 68.4 cm³/mol. The molecule has 2 rings (SSSR count). The van der Waals surface area contributed by atoms with Gasteiger partial charge in [-0.2, -0.15) is 5.21 Å². The Bertz CT molecular complexity index is 588. The van der Waals surface area contributed by atoms with Gasteiger partial charge < -0.3 is 10.1 Å². The molecule has 19 heavy (non-hydrogen) atoms. The minimum Gasteiger partial charge on any atom is -0.494 e. The Morgan fingerprint density at radius 1 is 1.42 bits per heavy atom. The molecule has 0 saturated heterocycles. The van der Waals surface area contributed by atoms with Crippen LogP contribution in [0.5, 0.6) is 5.75 Å². The van der Waals surface area contributed by atoms with Crippen LogP contribution in [0.25, 0.3) is 0 Å². The highest BCUT2D eigenvalue weighted by molar-refractivity contribution is 6.37. The van der Waals surface area contributed by atoms with Crippen LogP contribution in [0, 0.1) is 0 Å². The van der Waals surface area contributed by atoms with Crippen LogP contribution in [-0.4, -0.2) is 33.6 Å². The molecular weight excluding hydrogens is 293 g/mol. The lowest BCUT2D eigenvalue weighted by Gasteiger charge is -2.11. The summed E-state index contributed by atoms with van der Waals surface area (Å²) < 4.78 is 5.09. The lowest BCUT2D eigenvalue weighted by molar-refractivity contribution is 0.0947. The molecule has 1 amide bonds. The molecule has 0 spiro atoms. The normalized spacial score (nSPS) is 10.3. The number of nitrogens with zero attached hydrogens (tertiary/aromatic N) is 3. The summed E-state index contributed by atoms with van der Waals surface area (Å²) in [6.45, 7) is 0.112. The van der Waals surface area contributed by atoms with E-state index in [1.165, 1.54) is 13.2 Å². The lowest BCUT2D eigenvalue weighted by Crippen LogP contribution is -2.24. The van der Waals surface area contributed by atoms with Gasteiger partial charge >= 0.3 is 0 Å². The Kier molecular flexibility index (Phi) is 4.18. The molecule has 0 aliphatic rings. The number of methoxy groups -OCH3 is 1. The maximum atomic E-state index is 12.1.